The molecular weight excluding hydrogens is 370 g/mol. The number of benzene rings is 3. The Morgan fingerprint density at radius 2 is 1.69 bits per heavy atom. The Morgan fingerprint density at radius 1 is 1.00 bits per heavy atom. The first-order valence-corrected chi connectivity index (χ1v) is 9.25. The first kappa shape index (κ1) is 18.5. The number of esters is 1. The van der Waals surface area contributed by atoms with Gasteiger partial charge in [0.2, 0.25) is 0 Å². The van der Waals surface area contributed by atoms with Crippen molar-refractivity contribution in [3.63, 3.8) is 0 Å². The minimum atomic E-state index is -0.514. The molecule has 1 aromatic heterocycles. The molecule has 0 spiro atoms. The molecule has 3 aromatic carbocycles. The first-order chi connectivity index (χ1) is 14.2. The molecule has 0 radical (unpaired) electrons. The Hall–Kier alpha value is -3.87. The number of aromatic nitrogens is 3. The molecule has 7 nitrogen and oxygen atoms in total. The van der Waals surface area contributed by atoms with E-state index in [1.807, 2.05) is 36.4 Å². The van der Waals surface area contributed by atoms with E-state index in [4.69, 9.17) is 9.47 Å². The molecule has 1 N–H and O–H groups in total. The maximum absolute atomic E-state index is 12.5. The normalized spacial score (nSPS) is 10.8. The smallest absolute Gasteiger partial charge is 0.343 e. The quantitative estimate of drug-likeness (QED) is 0.300. The summed E-state index contributed by atoms with van der Waals surface area (Å²) in [5.41, 5.74) is 3.08. The van der Waals surface area contributed by atoms with Gasteiger partial charge < -0.3 is 14.7 Å². The molecule has 0 aliphatic carbocycles. The summed E-state index contributed by atoms with van der Waals surface area (Å²) in [7, 11) is 0. The number of hydrogen-bond acceptors (Lipinski definition) is 6. The Kier molecular flexibility index (Phi) is 5.11. The Labute approximate surface area is 167 Å². The lowest BCUT2D eigenvalue weighted by atomic mass is 10.0. The van der Waals surface area contributed by atoms with Crippen LogP contribution in [0, 0.1) is 0 Å². The van der Waals surface area contributed by atoms with Gasteiger partial charge in [-0.25, -0.2) is 4.79 Å². The van der Waals surface area contributed by atoms with Gasteiger partial charge in [-0.3, -0.25) is 0 Å². The number of fused-ring (bicyclic) bond motifs is 1. The highest BCUT2D eigenvalue weighted by atomic mass is 16.5. The van der Waals surface area contributed by atoms with Crippen LogP contribution in [0.2, 0.25) is 0 Å². The molecule has 146 valence electrons. The van der Waals surface area contributed by atoms with Crippen LogP contribution in [0.4, 0.5) is 0 Å². The van der Waals surface area contributed by atoms with Gasteiger partial charge in [-0.05, 0) is 59.2 Å². The lowest BCUT2D eigenvalue weighted by molar-refractivity contribution is 0.0736. The van der Waals surface area contributed by atoms with Crippen molar-refractivity contribution in [3.05, 3.63) is 72.3 Å². The summed E-state index contributed by atoms with van der Waals surface area (Å²) >= 11 is 0. The first-order valence-electron chi connectivity index (χ1n) is 9.25. The van der Waals surface area contributed by atoms with Crippen LogP contribution in [0.3, 0.4) is 0 Å². The van der Waals surface area contributed by atoms with E-state index >= 15 is 0 Å². The van der Waals surface area contributed by atoms with E-state index in [1.165, 1.54) is 0 Å². The van der Waals surface area contributed by atoms with E-state index in [0.717, 1.165) is 23.3 Å². The number of carbonyl (C=O) groups excluding carboxylic acids is 1. The number of carbonyl (C=O) groups is 1. The molecular formula is C22H19N3O4. The third-order valence-electron chi connectivity index (χ3n) is 4.41. The molecule has 0 atom stereocenters. The van der Waals surface area contributed by atoms with Crippen LogP contribution >= 0.6 is 0 Å². The Morgan fingerprint density at radius 3 is 2.38 bits per heavy atom. The topological polar surface area (TPSA) is 86.5 Å². The van der Waals surface area contributed by atoms with Crippen LogP contribution in [0.1, 0.15) is 23.7 Å². The fourth-order valence-electron chi connectivity index (χ4n) is 2.91. The van der Waals surface area contributed by atoms with Crippen LogP contribution in [0.25, 0.3) is 22.2 Å². The van der Waals surface area contributed by atoms with Gasteiger partial charge in [0.05, 0.1) is 12.2 Å². The third kappa shape index (κ3) is 3.89. The van der Waals surface area contributed by atoms with Crippen LogP contribution in [0.15, 0.2) is 66.7 Å². The largest absolute Gasteiger partial charge is 0.494 e. The predicted octanol–water partition coefficient (Wildman–Crippen LogP) is 4.34. The van der Waals surface area contributed by atoms with Gasteiger partial charge >= 0.3 is 5.97 Å². The van der Waals surface area contributed by atoms with Gasteiger partial charge in [0.25, 0.3) is 0 Å². The summed E-state index contributed by atoms with van der Waals surface area (Å²) in [6.45, 7) is 2.76. The van der Waals surface area contributed by atoms with Gasteiger partial charge in [-0.2, -0.15) is 0 Å². The molecule has 7 heteroatoms. The van der Waals surface area contributed by atoms with Gasteiger partial charge in [-0.1, -0.05) is 42.1 Å². The Balaban J connectivity index is 1.49. The van der Waals surface area contributed by atoms with Gasteiger partial charge in [0.15, 0.2) is 11.3 Å². The number of hydrogen-bond donors (Lipinski definition) is 1. The maximum atomic E-state index is 12.5. The van der Waals surface area contributed by atoms with Crippen molar-refractivity contribution in [2.75, 3.05) is 6.61 Å². The van der Waals surface area contributed by atoms with Crippen molar-refractivity contribution in [1.29, 1.82) is 0 Å². The average molecular weight is 389 g/mol. The standard InChI is InChI=1S/C22H19N3O4/c1-2-14-28-18-12-10-16(11-13-18)15-6-8-17(9-7-15)22(26)29-20-5-3-4-19-21(20)23-24-25(19)27/h3-13,27H,2,14H2,1H3. The van der Waals surface area contributed by atoms with E-state index < -0.39 is 5.97 Å². The monoisotopic (exact) mass is 389 g/mol. The van der Waals surface area contributed by atoms with Gasteiger partial charge in [-0.15, -0.1) is 5.10 Å². The fraction of sp³-hybridized carbons (Fsp3) is 0.136. The second-order valence-corrected chi connectivity index (χ2v) is 6.44. The minimum Gasteiger partial charge on any atom is -0.494 e. The second kappa shape index (κ2) is 8.02. The molecule has 0 unspecified atom stereocenters. The van der Waals surface area contributed by atoms with Crippen molar-refractivity contribution in [3.8, 4) is 22.6 Å². The van der Waals surface area contributed by atoms with Crippen molar-refractivity contribution in [2.24, 2.45) is 0 Å². The lowest BCUT2D eigenvalue weighted by Crippen LogP contribution is -2.08. The van der Waals surface area contributed by atoms with E-state index in [1.54, 1.807) is 30.3 Å². The van der Waals surface area contributed by atoms with Crippen molar-refractivity contribution >= 4 is 17.0 Å². The molecule has 0 amide bonds. The lowest BCUT2D eigenvalue weighted by Gasteiger charge is -2.08. The van der Waals surface area contributed by atoms with Crippen molar-refractivity contribution < 1.29 is 19.5 Å². The molecule has 0 aliphatic heterocycles. The van der Waals surface area contributed by atoms with Gasteiger partial charge in [0.1, 0.15) is 11.3 Å². The van der Waals surface area contributed by atoms with Crippen molar-refractivity contribution in [2.45, 2.75) is 13.3 Å². The molecule has 4 rings (SSSR count). The zero-order chi connectivity index (χ0) is 20.2. The van der Waals surface area contributed by atoms with E-state index in [0.29, 0.717) is 28.0 Å². The van der Waals surface area contributed by atoms with Crippen LogP contribution in [-0.2, 0) is 0 Å². The zero-order valence-electron chi connectivity index (χ0n) is 15.8. The summed E-state index contributed by atoms with van der Waals surface area (Å²) in [6, 6.07) is 19.9. The number of nitrogens with zero attached hydrogens (tertiary/aromatic N) is 3. The summed E-state index contributed by atoms with van der Waals surface area (Å²) in [4.78, 5) is 13.1. The summed E-state index contributed by atoms with van der Waals surface area (Å²) in [5, 5.41) is 16.9. The molecule has 0 fully saturated rings. The molecule has 4 aromatic rings. The van der Waals surface area contributed by atoms with Crippen LogP contribution in [0.5, 0.6) is 11.5 Å². The highest BCUT2D eigenvalue weighted by Crippen LogP contribution is 2.25. The second-order valence-electron chi connectivity index (χ2n) is 6.44. The van der Waals surface area contributed by atoms with Crippen molar-refractivity contribution in [1.82, 2.24) is 15.2 Å². The number of rotatable bonds is 6. The molecule has 0 saturated heterocycles. The molecule has 0 bridgehead atoms. The van der Waals surface area contributed by atoms with E-state index in [-0.39, 0.29) is 5.75 Å². The van der Waals surface area contributed by atoms with Gasteiger partial charge in [0, 0.05) is 0 Å². The van der Waals surface area contributed by atoms with Crippen LogP contribution in [-0.4, -0.2) is 32.9 Å². The summed E-state index contributed by atoms with van der Waals surface area (Å²) < 4.78 is 11.0. The predicted molar refractivity (Wildman–Crippen MR) is 107 cm³/mol. The highest BCUT2D eigenvalue weighted by molar-refractivity contribution is 5.94. The highest BCUT2D eigenvalue weighted by Gasteiger charge is 2.14. The third-order valence-corrected chi connectivity index (χ3v) is 4.41. The molecule has 0 aliphatic rings. The molecule has 0 saturated carbocycles. The summed E-state index contributed by atoms with van der Waals surface area (Å²) in [6.07, 6.45) is 0.965. The van der Waals surface area contributed by atoms with Crippen LogP contribution < -0.4 is 9.47 Å². The minimum absolute atomic E-state index is 0.236. The van der Waals surface area contributed by atoms with E-state index in [9.17, 15) is 10.0 Å². The molecule has 1 heterocycles. The average Bonchev–Trinajstić information content (AvgIpc) is 3.15. The van der Waals surface area contributed by atoms with E-state index in [2.05, 4.69) is 17.2 Å². The maximum Gasteiger partial charge on any atom is 0.343 e. The SMILES string of the molecule is CCCOc1ccc(-c2ccc(C(=O)Oc3cccc4c3nnn4O)cc2)cc1. The summed E-state index contributed by atoms with van der Waals surface area (Å²) in [5.74, 6) is 0.559. The zero-order valence-corrected chi connectivity index (χ0v) is 15.8. The fourth-order valence-corrected chi connectivity index (χ4v) is 2.91. The Bertz CT molecular complexity index is 1140. The molecule has 29 heavy (non-hydrogen) atoms. The number of ether oxygens (including phenoxy) is 2.